The Kier molecular flexibility index (Phi) is 4.76. The Morgan fingerprint density at radius 1 is 1.33 bits per heavy atom. The van der Waals surface area contributed by atoms with Crippen LogP contribution in [0.25, 0.3) is 21.9 Å². The number of benzene rings is 1. The minimum Gasteiger partial charge on any atom is -0.481 e. The molecule has 0 fully saturated rings. The number of imidazole rings is 1. The van der Waals surface area contributed by atoms with Crippen LogP contribution in [0.2, 0.25) is 0 Å². The lowest BCUT2D eigenvalue weighted by Gasteiger charge is -2.04. The molecule has 0 unspecified atom stereocenters. The number of carbonyl (C=O) groups is 1. The number of para-hydroxylation sites is 1. The molecule has 5 nitrogen and oxygen atoms in total. The first-order chi connectivity index (χ1) is 11.5. The number of carboxylic acid groups (broad SMARTS) is 1. The van der Waals surface area contributed by atoms with E-state index in [1.54, 1.807) is 17.7 Å². The summed E-state index contributed by atoms with van der Waals surface area (Å²) >= 11 is 1.58. The van der Waals surface area contributed by atoms with Gasteiger partial charge in [0.1, 0.15) is 5.01 Å². The first-order valence-electron chi connectivity index (χ1n) is 7.84. The van der Waals surface area contributed by atoms with Crippen LogP contribution in [0.4, 0.5) is 0 Å². The van der Waals surface area contributed by atoms with Crippen LogP contribution >= 0.6 is 11.3 Å². The number of hydrogen-bond acceptors (Lipinski definition) is 4. The van der Waals surface area contributed by atoms with Gasteiger partial charge < -0.3 is 9.67 Å². The van der Waals surface area contributed by atoms with Gasteiger partial charge in [0.25, 0.3) is 0 Å². The first kappa shape index (κ1) is 16.4. The Morgan fingerprint density at radius 2 is 2.12 bits per heavy atom. The minimum atomic E-state index is -0.810. The highest BCUT2D eigenvalue weighted by Gasteiger charge is 2.12. The number of allylic oxidation sites excluding steroid dienone is 1. The summed E-state index contributed by atoms with van der Waals surface area (Å²) in [5.74, 6) is -0.810. The predicted octanol–water partition coefficient (Wildman–Crippen LogP) is 4.48. The number of nitrogens with zero attached hydrogens (tertiary/aromatic N) is 3. The van der Waals surface area contributed by atoms with Gasteiger partial charge in [-0.05, 0) is 44.1 Å². The quantitative estimate of drug-likeness (QED) is 0.718. The molecule has 3 aromatic rings. The standard InChI is InChI=1S/C18H19N3O2S/c1-12(2)21-10-14(19-11-21)9-13(7-8-17(22)23)18-20-15-5-3-4-6-16(15)24-18/h3-6,9-12H,7-8H2,1-2H3,(H,22,23)/b13-9-. The van der Waals surface area contributed by atoms with Crippen LogP contribution in [0.15, 0.2) is 36.8 Å². The highest BCUT2D eigenvalue weighted by molar-refractivity contribution is 7.19. The fraction of sp³-hybridized carbons (Fsp3) is 0.278. The molecule has 2 aromatic heterocycles. The van der Waals surface area contributed by atoms with E-state index in [9.17, 15) is 4.79 Å². The van der Waals surface area contributed by atoms with Crippen molar-refractivity contribution in [2.24, 2.45) is 0 Å². The Bertz CT molecular complexity index is 859. The molecule has 0 aliphatic heterocycles. The van der Waals surface area contributed by atoms with E-state index in [4.69, 9.17) is 5.11 Å². The van der Waals surface area contributed by atoms with Gasteiger partial charge in [-0.3, -0.25) is 4.79 Å². The molecule has 0 aliphatic carbocycles. The average molecular weight is 341 g/mol. The van der Waals surface area contributed by atoms with Crippen LogP contribution < -0.4 is 0 Å². The fourth-order valence-electron chi connectivity index (χ4n) is 2.38. The van der Waals surface area contributed by atoms with Gasteiger partial charge in [0.05, 0.1) is 22.2 Å². The molecule has 0 spiro atoms. The normalized spacial score (nSPS) is 12.2. The number of aliphatic carboxylic acids is 1. The van der Waals surface area contributed by atoms with E-state index in [-0.39, 0.29) is 6.42 Å². The number of fused-ring (bicyclic) bond motifs is 1. The van der Waals surface area contributed by atoms with Crippen molar-refractivity contribution in [3.05, 3.63) is 47.5 Å². The average Bonchev–Trinajstić information content (AvgIpc) is 3.17. The smallest absolute Gasteiger partial charge is 0.303 e. The molecule has 124 valence electrons. The van der Waals surface area contributed by atoms with Gasteiger partial charge in [0.2, 0.25) is 0 Å². The summed E-state index contributed by atoms with van der Waals surface area (Å²) in [6.07, 6.45) is 6.22. The SMILES string of the molecule is CC(C)n1cnc(/C=C(/CCC(=O)O)c2nc3ccccc3s2)c1. The molecule has 1 N–H and O–H groups in total. The van der Waals surface area contributed by atoms with E-state index < -0.39 is 5.97 Å². The van der Waals surface area contributed by atoms with Gasteiger partial charge in [-0.25, -0.2) is 9.97 Å². The van der Waals surface area contributed by atoms with Gasteiger partial charge in [-0.15, -0.1) is 11.3 Å². The van der Waals surface area contributed by atoms with E-state index in [1.807, 2.05) is 41.1 Å². The molecule has 0 bridgehead atoms. The number of carboxylic acids is 1. The van der Waals surface area contributed by atoms with Crippen molar-refractivity contribution in [1.29, 1.82) is 0 Å². The van der Waals surface area contributed by atoms with Crippen molar-refractivity contribution in [3.8, 4) is 0 Å². The zero-order valence-corrected chi connectivity index (χ0v) is 14.5. The molecule has 2 heterocycles. The summed E-state index contributed by atoms with van der Waals surface area (Å²) < 4.78 is 3.13. The van der Waals surface area contributed by atoms with E-state index in [1.165, 1.54) is 0 Å². The maximum absolute atomic E-state index is 11.0. The largest absolute Gasteiger partial charge is 0.481 e. The molecule has 0 amide bonds. The van der Waals surface area contributed by atoms with Gasteiger partial charge in [-0.2, -0.15) is 0 Å². The lowest BCUT2D eigenvalue weighted by atomic mass is 10.1. The lowest BCUT2D eigenvalue weighted by molar-refractivity contribution is -0.136. The number of rotatable bonds is 6. The summed E-state index contributed by atoms with van der Waals surface area (Å²) in [5.41, 5.74) is 2.67. The van der Waals surface area contributed by atoms with Crippen molar-refractivity contribution >= 4 is 39.2 Å². The van der Waals surface area contributed by atoms with Gasteiger partial charge >= 0.3 is 5.97 Å². The van der Waals surface area contributed by atoms with Crippen molar-refractivity contribution in [1.82, 2.24) is 14.5 Å². The fourth-order valence-corrected chi connectivity index (χ4v) is 3.39. The van der Waals surface area contributed by atoms with Gasteiger partial charge in [0.15, 0.2) is 0 Å². The zero-order valence-electron chi connectivity index (χ0n) is 13.6. The monoisotopic (exact) mass is 341 g/mol. The van der Waals surface area contributed by atoms with E-state index in [0.717, 1.165) is 26.5 Å². The minimum absolute atomic E-state index is 0.0760. The van der Waals surface area contributed by atoms with Crippen LogP contribution in [0.3, 0.4) is 0 Å². The Labute approximate surface area is 144 Å². The van der Waals surface area contributed by atoms with E-state index in [2.05, 4.69) is 23.8 Å². The molecule has 24 heavy (non-hydrogen) atoms. The summed E-state index contributed by atoms with van der Waals surface area (Å²) in [5, 5.41) is 9.89. The second-order valence-corrected chi connectivity index (χ2v) is 6.92. The molecule has 0 atom stereocenters. The number of aromatic nitrogens is 3. The zero-order chi connectivity index (χ0) is 17.1. The molecule has 0 aliphatic rings. The van der Waals surface area contributed by atoms with Crippen molar-refractivity contribution in [2.75, 3.05) is 0 Å². The summed E-state index contributed by atoms with van der Waals surface area (Å²) in [4.78, 5) is 20.0. The Hall–Kier alpha value is -2.47. The third kappa shape index (κ3) is 3.71. The molecule has 1 aromatic carbocycles. The molecular formula is C18H19N3O2S. The van der Waals surface area contributed by atoms with Crippen LogP contribution in [-0.4, -0.2) is 25.6 Å². The highest BCUT2D eigenvalue weighted by atomic mass is 32.1. The topological polar surface area (TPSA) is 68.0 Å². The van der Waals surface area contributed by atoms with E-state index in [0.29, 0.717) is 12.5 Å². The molecular weight excluding hydrogens is 322 g/mol. The molecule has 0 radical (unpaired) electrons. The summed E-state index contributed by atoms with van der Waals surface area (Å²) in [7, 11) is 0. The maximum atomic E-state index is 11.0. The Balaban J connectivity index is 1.98. The van der Waals surface area contributed by atoms with Crippen molar-refractivity contribution in [2.45, 2.75) is 32.7 Å². The van der Waals surface area contributed by atoms with Crippen LogP contribution in [0, 0.1) is 0 Å². The van der Waals surface area contributed by atoms with E-state index >= 15 is 0 Å². The first-order valence-corrected chi connectivity index (χ1v) is 8.66. The molecule has 3 rings (SSSR count). The van der Waals surface area contributed by atoms with Gasteiger partial charge in [0, 0.05) is 18.7 Å². The lowest BCUT2D eigenvalue weighted by Crippen LogP contribution is -1.96. The van der Waals surface area contributed by atoms with Gasteiger partial charge in [-0.1, -0.05) is 12.1 Å². The van der Waals surface area contributed by atoms with Crippen LogP contribution in [0.1, 0.15) is 43.4 Å². The second-order valence-electron chi connectivity index (χ2n) is 5.89. The maximum Gasteiger partial charge on any atom is 0.303 e. The number of hydrogen-bond donors (Lipinski definition) is 1. The molecule has 0 saturated carbocycles. The van der Waals surface area contributed by atoms with Crippen LogP contribution in [0.5, 0.6) is 0 Å². The molecule has 6 heteroatoms. The second kappa shape index (κ2) is 6.97. The Morgan fingerprint density at radius 3 is 2.79 bits per heavy atom. The van der Waals surface area contributed by atoms with Crippen molar-refractivity contribution in [3.63, 3.8) is 0 Å². The number of thiazole rings is 1. The summed E-state index contributed by atoms with van der Waals surface area (Å²) in [6, 6.07) is 8.27. The highest BCUT2D eigenvalue weighted by Crippen LogP contribution is 2.30. The molecule has 0 saturated heterocycles. The third-order valence-corrected chi connectivity index (χ3v) is 4.83. The van der Waals surface area contributed by atoms with Crippen molar-refractivity contribution < 1.29 is 9.90 Å². The summed E-state index contributed by atoms with van der Waals surface area (Å²) in [6.45, 7) is 4.18. The predicted molar refractivity (Wildman–Crippen MR) is 97.0 cm³/mol. The third-order valence-electron chi connectivity index (χ3n) is 3.72. The van der Waals surface area contributed by atoms with Crippen LogP contribution in [-0.2, 0) is 4.79 Å².